The van der Waals surface area contributed by atoms with E-state index < -0.39 is 21.3 Å². The van der Waals surface area contributed by atoms with Crippen molar-refractivity contribution in [1.82, 2.24) is 23.8 Å². The van der Waals surface area contributed by atoms with E-state index in [9.17, 15) is 18.0 Å². The van der Waals surface area contributed by atoms with Crippen LogP contribution in [-0.2, 0) is 43.4 Å². The summed E-state index contributed by atoms with van der Waals surface area (Å²) in [6, 6.07) is 5.32. The minimum absolute atomic E-state index is 0.243. The fourth-order valence-electron chi connectivity index (χ4n) is 3.75. The minimum Gasteiger partial charge on any atom is -0.336 e. The van der Waals surface area contributed by atoms with Gasteiger partial charge >= 0.3 is 5.69 Å². The van der Waals surface area contributed by atoms with Crippen LogP contribution in [0.5, 0.6) is 0 Å². The lowest BCUT2D eigenvalue weighted by molar-refractivity contribution is 0.578. The molecule has 10 heteroatoms. The molecule has 0 saturated heterocycles. The van der Waals surface area contributed by atoms with Crippen molar-refractivity contribution in [2.75, 3.05) is 6.54 Å². The molecule has 0 atom stereocenters. The molecule has 1 aromatic carbocycles. The number of fused-ring (bicyclic) bond motifs is 2. The van der Waals surface area contributed by atoms with Gasteiger partial charge in [-0.15, -0.1) is 0 Å². The highest BCUT2D eigenvalue weighted by Gasteiger charge is 2.18. The molecule has 1 aliphatic rings. The van der Waals surface area contributed by atoms with Crippen LogP contribution in [0.25, 0.3) is 11.2 Å². The Hall–Kier alpha value is -2.72. The zero-order valence-corrected chi connectivity index (χ0v) is 17.2. The highest BCUT2D eigenvalue weighted by atomic mass is 32.2. The van der Waals surface area contributed by atoms with Crippen LogP contribution in [0.4, 0.5) is 0 Å². The van der Waals surface area contributed by atoms with E-state index in [-0.39, 0.29) is 12.1 Å². The van der Waals surface area contributed by atoms with E-state index in [4.69, 9.17) is 0 Å². The molecule has 29 heavy (non-hydrogen) atoms. The van der Waals surface area contributed by atoms with Crippen molar-refractivity contribution in [3.8, 4) is 0 Å². The summed E-state index contributed by atoms with van der Waals surface area (Å²) in [4.78, 5) is 31.7. The van der Waals surface area contributed by atoms with Gasteiger partial charge in [0, 0.05) is 27.1 Å². The van der Waals surface area contributed by atoms with Crippen LogP contribution in [0.2, 0.25) is 0 Å². The fourth-order valence-corrected chi connectivity index (χ4v) is 4.88. The van der Waals surface area contributed by atoms with Crippen molar-refractivity contribution < 1.29 is 8.42 Å². The summed E-state index contributed by atoms with van der Waals surface area (Å²) in [5.41, 5.74) is 2.04. The molecule has 0 saturated carbocycles. The summed E-state index contributed by atoms with van der Waals surface area (Å²) in [6.07, 6.45) is 3.94. The largest absolute Gasteiger partial charge is 0.336 e. The van der Waals surface area contributed by atoms with Crippen molar-refractivity contribution in [3.05, 3.63) is 56.0 Å². The van der Waals surface area contributed by atoms with Crippen molar-refractivity contribution in [2.45, 2.75) is 37.0 Å². The maximum absolute atomic E-state index is 12.5. The molecule has 9 nitrogen and oxygen atoms in total. The third-order valence-corrected chi connectivity index (χ3v) is 6.87. The molecule has 2 N–H and O–H groups in total. The predicted octanol–water partition coefficient (Wildman–Crippen LogP) is 0.360. The lowest BCUT2D eigenvalue weighted by atomic mass is 10.1. The number of aromatic amines is 1. The van der Waals surface area contributed by atoms with Gasteiger partial charge in [0.2, 0.25) is 10.0 Å². The normalized spacial score (nSPS) is 13.9. The van der Waals surface area contributed by atoms with Gasteiger partial charge in [-0.05, 0) is 48.9 Å². The Morgan fingerprint density at radius 1 is 1.14 bits per heavy atom. The van der Waals surface area contributed by atoms with Crippen molar-refractivity contribution >= 4 is 21.2 Å². The number of aryl methyl sites for hydroxylation is 4. The van der Waals surface area contributed by atoms with Gasteiger partial charge in [-0.3, -0.25) is 13.9 Å². The zero-order chi connectivity index (χ0) is 20.8. The van der Waals surface area contributed by atoms with Gasteiger partial charge in [-0.2, -0.15) is 0 Å². The van der Waals surface area contributed by atoms with E-state index in [1.165, 1.54) is 17.2 Å². The number of nitrogens with zero attached hydrogens (tertiary/aromatic N) is 3. The predicted molar refractivity (Wildman–Crippen MR) is 109 cm³/mol. The average Bonchev–Trinajstić information content (AvgIpc) is 3.34. The van der Waals surface area contributed by atoms with Gasteiger partial charge in [0.25, 0.3) is 5.56 Å². The molecule has 0 unspecified atom stereocenters. The van der Waals surface area contributed by atoms with Crippen molar-refractivity contribution in [2.24, 2.45) is 14.1 Å². The van der Waals surface area contributed by atoms with E-state index >= 15 is 0 Å². The fraction of sp³-hybridized carbons (Fsp3) is 0.421. The lowest BCUT2D eigenvalue weighted by Crippen LogP contribution is -2.36. The minimum atomic E-state index is -3.56. The monoisotopic (exact) mass is 417 g/mol. The number of benzene rings is 1. The van der Waals surface area contributed by atoms with Gasteiger partial charge in [0.05, 0.1) is 4.90 Å². The molecule has 4 rings (SSSR count). The summed E-state index contributed by atoms with van der Waals surface area (Å²) in [6.45, 7) is 0.243. The second-order valence-electron chi connectivity index (χ2n) is 7.37. The van der Waals surface area contributed by atoms with E-state index in [0.29, 0.717) is 29.2 Å². The quantitative estimate of drug-likeness (QED) is 0.562. The molecule has 2 heterocycles. The third-order valence-electron chi connectivity index (χ3n) is 5.41. The standard InChI is InChI=1S/C19H23N5O4S/c1-23-17-16(18(25)24(2)19(23)26)21-15(22-17)7-4-10-20-29(27,28)14-9-8-12-5-3-6-13(12)11-14/h8-9,11,20H,3-7,10H2,1-2H3,(H,21,22). The number of rotatable bonds is 6. The van der Waals surface area contributed by atoms with Crippen LogP contribution in [0.15, 0.2) is 32.7 Å². The molecule has 0 radical (unpaired) electrons. The molecule has 0 spiro atoms. The molecular weight excluding hydrogens is 394 g/mol. The summed E-state index contributed by atoms with van der Waals surface area (Å²) in [5, 5.41) is 0. The van der Waals surface area contributed by atoms with Crippen LogP contribution in [0, 0.1) is 0 Å². The Morgan fingerprint density at radius 3 is 2.69 bits per heavy atom. The second kappa shape index (κ2) is 7.27. The first-order valence-corrected chi connectivity index (χ1v) is 11.0. The van der Waals surface area contributed by atoms with Gasteiger partial charge in [-0.1, -0.05) is 6.07 Å². The summed E-state index contributed by atoms with van der Waals surface area (Å²) in [7, 11) is -0.595. The number of sulfonamides is 1. The van der Waals surface area contributed by atoms with Crippen LogP contribution in [0.1, 0.15) is 29.8 Å². The highest BCUT2D eigenvalue weighted by molar-refractivity contribution is 7.89. The van der Waals surface area contributed by atoms with Crippen LogP contribution in [0.3, 0.4) is 0 Å². The molecule has 3 aromatic rings. The van der Waals surface area contributed by atoms with Crippen LogP contribution >= 0.6 is 0 Å². The number of imidazole rings is 1. The highest BCUT2D eigenvalue weighted by Crippen LogP contribution is 2.24. The molecule has 0 aliphatic heterocycles. The number of aromatic nitrogens is 4. The lowest BCUT2D eigenvalue weighted by Gasteiger charge is -2.08. The van der Waals surface area contributed by atoms with Crippen molar-refractivity contribution in [1.29, 1.82) is 0 Å². The second-order valence-corrected chi connectivity index (χ2v) is 9.14. The first kappa shape index (κ1) is 19.6. The topological polar surface area (TPSA) is 119 Å². The van der Waals surface area contributed by atoms with E-state index in [1.807, 2.05) is 6.07 Å². The molecule has 0 amide bonds. The zero-order valence-electron chi connectivity index (χ0n) is 16.4. The number of hydrogen-bond acceptors (Lipinski definition) is 5. The maximum Gasteiger partial charge on any atom is 0.332 e. The molecule has 0 bridgehead atoms. The van der Waals surface area contributed by atoms with Crippen LogP contribution in [-0.4, -0.2) is 34.1 Å². The maximum atomic E-state index is 12.5. The van der Waals surface area contributed by atoms with E-state index in [2.05, 4.69) is 14.7 Å². The first-order chi connectivity index (χ1) is 13.8. The third kappa shape index (κ3) is 3.53. The van der Waals surface area contributed by atoms with Gasteiger partial charge in [0.1, 0.15) is 11.3 Å². The summed E-state index contributed by atoms with van der Waals surface area (Å²) in [5.74, 6) is 0.537. The Bertz CT molecular complexity index is 1320. The van der Waals surface area contributed by atoms with Crippen LogP contribution < -0.4 is 16.0 Å². The first-order valence-electron chi connectivity index (χ1n) is 9.54. The smallest absolute Gasteiger partial charge is 0.332 e. The molecule has 1 aliphatic carbocycles. The Balaban J connectivity index is 1.43. The van der Waals surface area contributed by atoms with E-state index in [0.717, 1.165) is 29.4 Å². The Kier molecular flexibility index (Phi) is 4.91. The van der Waals surface area contributed by atoms with Crippen molar-refractivity contribution in [3.63, 3.8) is 0 Å². The average molecular weight is 417 g/mol. The number of hydrogen-bond donors (Lipinski definition) is 2. The van der Waals surface area contributed by atoms with Gasteiger partial charge < -0.3 is 4.98 Å². The Labute approximate surface area is 167 Å². The van der Waals surface area contributed by atoms with Gasteiger partial charge in [0.15, 0.2) is 5.65 Å². The van der Waals surface area contributed by atoms with Gasteiger partial charge in [-0.25, -0.2) is 22.9 Å². The molecule has 0 fully saturated rings. The molecule has 154 valence electrons. The van der Waals surface area contributed by atoms with E-state index in [1.54, 1.807) is 19.2 Å². The Morgan fingerprint density at radius 2 is 1.90 bits per heavy atom. The summed E-state index contributed by atoms with van der Waals surface area (Å²) >= 11 is 0. The number of nitrogens with one attached hydrogen (secondary N) is 2. The number of H-pyrrole nitrogens is 1. The molecular formula is C19H23N5O4S. The molecule has 2 aromatic heterocycles. The summed E-state index contributed by atoms with van der Waals surface area (Å²) < 4.78 is 30.0. The SMILES string of the molecule is Cn1c(=O)c2[nH]c(CCCNS(=O)(=O)c3ccc4c(c3)CCC4)nc2n(C)c1=O.